The number of ketones is 1. The van der Waals surface area contributed by atoms with Crippen molar-refractivity contribution >= 4 is 5.78 Å². The van der Waals surface area contributed by atoms with Crippen molar-refractivity contribution in [2.75, 3.05) is 0 Å². The number of aliphatic hydroxyl groups excluding tert-OH is 1. The standard InChI is InChI=1S/C10H14O2/c1-6(11)10-8-4-2-3-7(8)5-9(10)12/h7,9,12H,2-5H2,1H3/t7-,9-/m1/s1. The second-order valence-electron chi connectivity index (χ2n) is 3.84. The lowest BCUT2D eigenvalue weighted by molar-refractivity contribution is -0.114. The summed E-state index contributed by atoms with van der Waals surface area (Å²) in [6.45, 7) is 1.56. The molecule has 0 amide bonds. The molecule has 66 valence electrons. The number of fused-ring (bicyclic) bond motifs is 1. The van der Waals surface area contributed by atoms with Gasteiger partial charge in [0.05, 0.1) is 6.10 Å². The minimum absolute atomic E-state index is 0.0712. The number of rotatable bonds is 1. The summed E-state index contributed by atoms with van der Waals surface area (Å²) in [7, 11) is 0. The summed E-state index contributed by atoms with van der Waals surface area (Å²) in [6, 6.07) is 0. The lowest BCUT2D eigenvalue weighted by Crippen LogP contribution is -2.12. The van der Waals surface area contributed by atoms with Crippen LogP contribution in [0.2, 0.25) is 0 Å². The predicted molar refractivity (Wildman–Crippen MR) is 45.7 cm³/mol. The van der Waals surface area contributed by atoms with Gasteiger partial charge in [-0.1, -0.05) is 5.57 Å². The van der Waals surface area contributed by atoms with Crippen LogP contribution in [0, 0.1) is 5.92 Å². The van der Waals surface area contributed by atoms with E-state index in [1.165, 1.54) is 18.4 Å². The first kappa shape index (κ1) is 7.99. The van der Waals surface area contributed by atoms with E-state index in [4.69, 9.17) is 0 Å². The predicted octanol–water partition coefficient (Wildman–Crippen LogP) is 1.44. The number of carbonyl (C=O) groups excluding carboxylic acids is 1. The topological polar surface area (TPSA) is 37.3 Å². The fourth-order valence-electron chi connectivity index (χ4n) is 2.59. The first-order valence-corrected chi connectivity index (χ1v) is 4.62. The summed E-state index contributed by atoms with van der Waals surface area (Å²) in [5.74, 6) is 0.598. The maximum Gasteiger partial charge on any atom is 0.158 e. The largest absolute Gasteiger partial charge is 0.388 e. The molecule has 1 saturated carbocycles. The van der Waals surface area contributed by atoms with E-state index in [1.54, 1.807) is 6.92 Å². The maximum absolute atomic E-state index is 11.2. The Morgan fingerprint density at radius 3 is 3.00 bits per heavy atom. The van der Waals surface area contributed by atoms with Gasteiger partial charge in [0.25, 0.3) is 0 Å². The molecule has 1 N–H and O–H groups in total. The Morgan fingerprint density at radius 1 is 1.58 bits per heavy atom. The molecule has 2 aliphatic carbocycles. The lowest BCUT2D eigenvalue weighted by atomic mass is 10.0. The Bertz CT molecular complexity index is 253. The second-order valence-corrected chi connectivity index (χ2v) is 3.84. The van der Waals surface area contributed by atoms with Crippen molar-refractivity contribution < 1.29 is 9.90 Å². The van der Waals surface area contributed by atoms with Crippen molar-refractivity contribution in [3.63, 3.8) is 0 Å². The van der Waals surface area contributed by atoms with Crippen molar-refractivity contribution in [1.29, 1.82) is 0 Å². The molecule has 0 bridgehead atoms. The van der Waals surface area contributed by atoms with E-state index in [2.05, 4.69) is 0 Å². The molecule has 0 aromatic carbocycles. The van der Waals surface area contributed by atoms with Crippen LogP contribution in [0.1, 0.15) is 32.6 Å². The quantitative estimate of drug-likeness (QED) is 0.640. The molecular weight excluding hydrogens is 152 g/mol. The Morgan fingerprint density at radius 2 is 2.33 bits per heavy atom. The average Bonchev–Trinajstić information content (AvgIpc) is 2.44. The molecule has 0 spiro atoms. The van der Waals surface area contributed by atoms with Crippen LogP contribution in [0.4, 0.5) is 0 Å². The molecular formula is C10H14O2. The molecule has 0 aromatic heterocycles. The van der Waals surface area contributed by atoms with E-state index >= 15 is 0 Å². The fraction of sp³-hybridized carbons (Fsp3) is 0.700. The van der Waals surface area contributed by atoms with Gasteiger partial charge in [0.1, 0.15) is 0 Å². The van der Waals surface area contributed by atoms with E-state index in [0.29, 0.717) is 5.92 Å². The number of hydrogen-bond donors (Lipinski definition) is 1. The van der Waals surface area contributed by atoms with Crippen LogP contribution in [0.3, 0.4) is 0 Å². The zero-order chi connectivity index (χ0) is 8.72. The molecule has 2 atom stereocenters. The van der Waals surface area contributed by atoms with Gasteiger partial charge in [0.2, 0.25) is 0 Å². The average molecular weight is 166 g/mol. The van der Waals surface area contributed by atoms with Crippen molar-refractivity contribution in [2.24, 2.45) is 5.92 Å². The monoisotopic (exact) mass is 166 g/mol. The van der Waals surface area contributed by atoms with Gasteiger partial charge in [-0.15, -0.1) is 0 Å². The van der Waals surface area contributed by atoms with Crippen LogP contribution in [0.5, 0.6) is 0 Å². The van der Waals surface area contributed by atoms with Gasteiger partial charge >= 0.3 is 0 Å². The van der Waals surface area contributed by atoms with Crippen LogP contribution >= 0.6 is 0 Å². The van der Waals surface area contributed by atoms with Crippen molar-refractivity contribution in [2.45, 2.75) is 38.7 Å². The van der Waals surface area contributed by atoms with Crippen LogP contribution in [-0.4, -0.2) is 17.0 Å². The molecule has 0 radical (unpaired) electrons. The third kappa shape index (κ3) is 1.02. The van der Waals surface area contributed by atoms with Crippen LogP contribution in [-0.2, 0) is 4.79 Å². The SMILES string of the molecule is CC(=O)C1=C2CCC[C@@H]2C[C@H]1O. The van der Waals surface area contributed by atoms with Gasteiger partial charge in [-0.05, 0) is 38.5 Å². The molecule has 2 heteroatoms. The van der Waals surface area contributed by atoms with Gasteiger partial charge in [-0.25, -0.2) is 0 Å². The highest BCUT2D eigenvalue weighted by Crippen LogP contribution is 2.43. The molecule has 0 aromatic rings. The number of allylic oxidation sites excluding steroid dienone is 1. The first-order chi connectivity index (χ1) is 5.70. The van der Waals surface area contributed by atoms with E-state index < -0.39 is 6.10 Å². The zero-order valence-corrected chi connectivity index (χ0v) is 7.34. The highest BCUT2D eigenvalue weighted by Gasteiger charge is 2.36. The van der Waals surface area contributed by atoms with Gasteiger partial charge in [0, 0.05) is 5.57 Å². The molecule has 2 aliphatic rings. The molecule has 2 nitrogen and oxygen atoms in total. The Balaban J connectivity index is 2.36. The molecule has 2 rings (SSSR count). The van der Waals surface area contributed by atoms with Gasteiger partial charge in [-0.3, -0.25) is 4.79 Å². The third-order valence-corrected chi connectivity index (χ3v) is 3.06. The van der Waals surface area contributed by atoms with Crippen molar-refractivity contribution in [3.8, 4) is 0 Å². The Hall–Kier alpha value is -0.630. The van der Waals surface area contributed by atoms with Gasteiger partial charge < -0.3 is 5.11 Å². The molecule has 12 heavy (non-hydrogen) atoms. The molecule has 0 saturated heterocycles. The zero-order valence-electron chi connectivity index (χ0n) is 7.34. The minimum atomic E-state index is -0.456. The maximum atomic E-state index is 11.2. The normalized spacial score (nSPS) is 34.2. The number of carbonyl (C=O) groups is 1. The summed E-state index contributed by atoms with van der Waals surface area (Å²) in [5.41, 5.74) is 1.99. The summed E-state index contributed by atoms with van der Waals surface area (Å²) in [4.78, 5) is 11.2. The summed E-state index contributed by atoms with van der Waals surface area (Å²) in [5, 5.41) is 9.59. The fourth-order valence-corrected chi connectivity index (χ4v) is 2.59. The van der Waals surface area contributed by atoms with Gasteiger partial charge in [0.15, 0.2) is 5.78 Å². The van der Waals surface area contributed by atoms with E-state index in [9.17, 15) is 9.90 Å². The number of aliphatic hydroxyl groups is 1. The lowest BCUT2D eigenvalue weighted by Gasteiger charge is -2.05. The van der Waals surface area contributed by atoms with E-state index in [1.807, 2.05) is 0 Å². The van der Waals surface area contributed by atoms with E-state index in [0.717, 1.165) is 18.4 Å². The van der Waals surface area contributed by atoms with Crippen molar-refractivity contribution in [1.82, 2.24) is 0 Å². The minimum Gasteiger partial charge on any atom is -0.388 e. The Labute approximate surface area is 72.3 Å². The van der Waals surface area contributed by atoms with Gasteiger partial charge in [-0.2, -0.15) is 0 Å². The molecule has 0 heterocycles. The third-order valence-electron chi connectivity index (χ3n) is 3.06. The summed E-state index contributed by atoms with van der Waals surface area (Å²) >= 11 is 0. The molecule has 1 fully saturated rings. The summed E-state index contributed by atoms with van der Waals surface area (Å²) in [6.07, 6.45) is 3.75. The number of Topliss-reactive ketones (excluding diaryl/α,β-unsaturated/α-hetero) is 1. The van der Waals surface area contributed by atoms with Crippen LogP contribution in [0.25, 0.3) is 0 Å². The molecule has 0 aliphatic heterocycles. The first-order valence-electron chi connectivity index (χ1n) is 4.62. The highest BCUT2D eigenvalue weighted by atomic mass is 16.3. The van der Waals surface area contributed by atoms with Crippen molar-refractivity contribution in [3.05, 3.63) is 11.1 Å². The Kier molecular flexibility index (Phi) is 1.80. The van der Waals surface area contributed by atoms with Crippen LogP contribution in [0.15, 0.2) is 11.1 Å². The molecule has 0 unspecified atom stereocenters. The second kappa shape index (κ2) is 2.70. The smallest absolute Gasteiger partial charge is 0.158 e. The highest BCUT2D eigenvalue weighted by molar-refractivity contribution is 5.95. The number of hydrogen-bond acceptors (Lipinski definition) is 2. The van der Waals surface area contributed by atoms with E-state index in [-0.39, 0.29) is 5.78 Å². The van der Waals surface area contributed by atoms with Crippen LogP contribution < -0.4 is 0 Å². The summed E-state index contributed by atoms with van der Waals surface area (Å²) < 4.78 is 0.